The number of carbonyl (C=O) groups excluding carboxylic acids is 1. The maximum atomic E-state index is 12.6. The van der Waals surface area contributed by atoms with Crippen molar-refractivity contribution in [3.8, 4) is 5.75 Å². The van der Waals surface area contributed by atoms with Crippen LogP contribution in [0.25, 0.3) is 0 Å². The number of amides is 1. The van der Waals surface area contributed by atoms with Gasteiger partial charge in [-0.3, -0.25) is 14.5 Å². The van der Waals surface area contributed by atoms with Gasteiger partial charge in [-0.2, -0.15) is 0 Å². The Labute approximate surface area is 153 Å². The normalized spacial score (nSPS) is 23.8. The number of ether oxygens (including phenoxy) is 2. The van der Waals surface area contributed by atoms with Crippen molar-refractivity contribution in [2.75, 3.05) is 53.0 Å². The summed E-state index contributed by atoms with van der Waals surface area (Å²) < 4.78 is 10.7. The van der Waals surface area contributed by atoms with Crippen molar-refractivity contribution in [2.45, 2.75) is 12.3 Å². The number of carboxylic acids is 1. The zero-order valence-electron chi connectivity index (χ0n) is 15.1. The first-order valence-corrected chi connectivity index (χ1v) is 9.03. The lowest BCUT2D eigenvalue weighted by molar-refractivity contribution is -0.141. The fourth-order valence-corrected chi connectivity index (χ4v) is 3.78. The Morgan fingerprint density at radius 1 is 1.23 bits per heavy atom. The first-order chi connectivity index (χ1) is 12.6. The van der Waals surface area contributed by atoms with E-state index in [-0.39, 0.29) is 18.4 Å². The Balaban J connectivity index is 1.66. The fraction of sp³-hybridized carbons (Fsp3) is 0.579. The Bertz CT molecular complexity index is 645. The summed E-state index contributed by atoms with van der Waals surface area (Å²) in [5.41, 5.74) is 0.853. The summed E-state index contributed by atoms with van der Waals surface area (Å²) in [5.74, 6) is -1.05. The van der Waals surface area contributed by atoms with E-state index >= 15 is 0 Å². The lowest BCUT2D eigenvalue weighted by Gasteiger charge is -2.27. The highest BCUT2D eigenvalue weighted by molar-refractivity contribution is 5.80. The van der Waals surface area contributed by atoms with Crippen LogP contribution in [0, 0.1) is 5.92 Å². The van der Waals surface area contributed by atoms with Gasteiger partial charge >= 0.3 is 5.97 Å². The number of likely N-dealkylation sites (tertiary alicyclic amines) is 1. The van der Waals surface area contributed by atoms with Gasteiger partial charge in [-0.05, 0) is 11.6 Å². The topological polar surface area (TPSA) is 79.3 Å². The van der Waals surface area contributed by atoms with E-state index < -0.39 is 11.9 Å². The van der Waals surface area contributed by atoms with Gasteiger partial charge in [0.05, 0.1) is 26.2 Å². The number of nitrogens with zero attached hydrogens (tertiary/aromatic N) is 2. The van der Waals surface area contributed by atoms with Gasteiger partial charge in [0.25, 0.3) is 0 Å². The van der Waals surface area contributed by atoms with Crippen LogP contribution >= 0.6 is 0 Å². The van der Waals surface area contributed by atoms with Crippen molar-refractivity contribution in [1.82, 2.24) is 9.80 Å². The molecule has 1 N–H and O–H groups in total. The number of hydrogen-bond acceptors (Lipinski definition) is 5. The van der Waals surface area contributed by atoms with E-state index in [1.807, 2.05) is 24.3 Å². The second-order valence-corrected chi connectivity index (χ2v) is 6.80. The molecule has 2 aliphatic heterocycles. The van der Waals surface area contributed by atoms with Crippen molar-refractivity contribution in [2.24, 2.45) is 5.92 Å². The summed E-state index contributed by atoms with van der Waals surface area (Å²) >= 11 is 0. The molecule has 0 aromatic heterocycles. The summed E-state index contributed by atoms with van der Waals surface area (Å²) in [6, 6.07) is 7.45. The minimum Gasteiger partial charge on any atom is -0.496 e. The summed E-state index contributed by atoms with van der Waals surface area (Å²) in [4.78, 5) is 28.3. The monoisotopic (exact) mass is 362 g/mol. The number of morpholine rings is 1. The Hall–Kier alpha value is -2.12. The maximum Gasteiger partial charge on any atom is 0.308 e. The predicted octanol–water partition coefficient (Wildman–Crippen LogP) is 1.04. The molecule has 3 rings (SSSR count). The second-order valence-electron chi connectivity index (χ2n) is 6.80. The average Bonchev–Trinajstić information content (AvgIpc) is 3.12. The molecule has 1 aromatic rings. The average molecular weight is 362 g/mol. The van der Waals surface area contributed by atoms with Crippen LogP contribution in [0.15, 0.2) is 24.3 Å². The van der Waals surface area contributed by atoms with E-state index in [1.54, 1.807) is 12.0 Å². The number of rotatable bonds is 6. The van der Waals surface area contributed by atoms with Crippen molar-refractivity contribution in [3.05, 3.63) is 29.8 Å². The summed E-state index contributed by atoms with van der Waals surface area (Å²) in [7, 11) is 1.58. The van der Waals surface area contributed by atoms with E-state index in [4.69, 9.17) is 9.47 Å². The maximum absolute atomic E-state index is 12.6. The highest BCUT2D eigenvalue weighted by Gasteiger charge is 2.41. The molecule has 1 amide bonds. The van der Waals surface area contributed by atoms with Crippen molar-refractivity contribution >= 4 is 11.9 Å². The first kappa shape index (κ1) is 18.7. The van der Waals surface area contributed by atoms with Gasteiger partial charge in [-0.25, -0.2) is 0 Å². The molecule has 0 bridgehead atoms. The zero-order valence-corrected chi connectivity index (χ0v) is 15.1. The molecule has 0 saturated carbocycles. The molecule has 142 valence electrons. The third-order valence-corrected chi connectivity index (χ3v) is 5.27. The molecule has 1 aromatic carbocycles. The lowest BCUT2D eigenvalue weighted by atomic mass is 9.88. The van der Waals surface area contributed by atoms with Gasteiger partial charge in [0, 0.05) is 45.1 Å². The summed E-state index contributed by atoms with van der Waals surface area (Å²) in [5, 5.41) is 9.64. The molecule has 0 radical (unpaired) electrons. The van der Waals surface area contributed by atoms with Crippen LogP contribution in [0.2, 0.25) is 0 Å². The molecule has 2 fully saturated rings. The lowest BCUT2D eigenvalue weighted by Crippen LogP contribution is -2.39. The number of methoxy groups -OCH3 is 1. The van der Waals surface area contributed by atoms with Crippen LogP contribution in [0.1, 0.15) is 17.9 Å². The summed E-state index contributed by atoms with van der Waals surface area (Å²) in [6.45, 7) is 4.45. The molecule has 7 heteroatoms. The molecule has 2 aliphatic rings. The quantitative estimate of drug-likeness (QED) is 0.815. The largest absolute Gasteiger partial charge is 0.496 e. The standard InChI is InChI=1S/C19H26N2O5/c1-25-17-5-3-2-4-14(17)15-12-21(13-16(15)19(23)24)18(22)6-7-20-8-10-26-11-9-20/h2-5,15-16H,6-13H2,1H3,(H,23,24)/t15-,16+/m0/s1. The molecule has 0 spiro atoms. The fourth-order valence-electron chi connectivity index (χ4n) is 3.78. The third-order valence-electron chi connectivity index (χ3n) is 5.27. The van der Waals surface area contributed by atoms with Gasteiger partial charge in [-0.1, -0.05) is 18.2 Å². The third kappa shape index (κ3) is 4.16. The minimum atomic E-state index is -0.871. The van der Waals surface area contributed by atoms with Crippen LogP contribution < -0.4 is 4.74 Å². The van der Waals surface area contributed by atoms with Gasteiger partial charge in [0.15, 0.2) is 0 Å². The number of benzene rings is 1. The van der Waals surface area contributed by atoms with Gasteiger partial charge < -0.3 is 19.5 Å². The number of carbonyl (C=O) groups is 2. The number of para-hydroxylation sites is 1. The SMILES string of the molecule is COc1ccccc1[C@@H]1CN(C(=O)CCN2CCOCC2)C[C@H]1C(=O)O. The molecule has 0 unspecified atom stereocenters. The Kier molecular flexibility index (Phi) is 6.11. The number of aliphatic carboxylic acids is 1. The van der Waals surface area contributed by atoms with Crippen LogP contribution in [-0.2, 0) is 14.3 Å². The van der Waals surface area contributed by atoms with Crippen LogP contribution in [0.5, 0.6) is 5.75 Å². The van der Waals surface area contributed by atoms with Crippen molar-refractivity contribution < 1.29 is 24.2 Å². The van der Waals surface area contributed by atoms with Crippen LogP contribution in [-0.4, -0.2) is 79.8 Å². The Morgan fingerprint density at radius 3 is 2.65 bits per heavy atom. The van der Waals surface area contributed by atoms with E-state index in [0.29, 0.717) is 38.5 Å². The van der Waals surface area contributed by atoms with E-state index in [2.05, 4.69) is 4.90 Å². The highest BCUT2D eigenvalue weighted by atomic mass is 16.5. The van der Waals surface area contributed by atoms with Gasteiger partial charge in [-0.15, -0.1) is 0 Å². The van der Waals surface area contributed by atoms with E-state index in [1.165, 1.54) is 0 Å². The predicted molar refractivity (Wildman–Crippen MR) is 95.3 cm³/mol. The minimum absolute atomic E-state index is 0.0140. The van der Waals surface area contributed by atoms with E-state index in [9.17, 15) is 14.7 Å². The zero-order chi connectivity index (χ0) is 18.5. The number of carboxylic acid groups (broad SMARTS) is 1. The van der Waals surface area contributed by atoms with Crippen molar-refractivity contribution in [1.29, 1.82) is 0 Å². The molecule has 2 saturated heterocycles. The molecule has 26 heavy (non-hydrogen) atoms. The second kappa shape index (κ2) is 8.51. The molecule has 0 aliphatic carbocycles. The van der Waals surface area contributed by atoms with Crippen LogP contribution in [0.4, 0.5) is 0 Å². The number of hydrogen-bond donors (Lipinski definition) is 1. The molecule has 2 heterocycles. The van der Waals surface area contributed by atoms with Crippen LogP contribution in [0.3, 0.4) is 0 Å². The molecular weight excluding hydrogens is 336 g/mol. The molecule has 2 atom stereocenters. The summed E-state index contributed by atoms with van der Waals surface area (Å²) in [6.07, 6.45) is 0.408. The molecular formula is C19H26N2O5. The smallest absolute Gasteiger partial charge is 0.308 e. The van der Waals surface area contributed by atoms with Gasteiger partial charge in [0.1, 0.15) is 5.75 Å². The first-order valence-electron chi connectivity index (χ1n) is 9.03. The van der Waals surface area contributed by atoms with Gasteiger partial charge in [0.2, 0.25) is 5.91 Å². The Morgan fingerprint density at radius 2 is 1.96 bits per heavy atom. The highest BCUT2D eigenvalue weighted by Crippen LogP contribution is 2.37. The molecule has 7 nitrogen and oxygen atoms in total. The van der Waals surface area contributed by atoms with E-state index in [0.717, 1.165) is 18.7 Å². The van der Waals surface area contributed by atoms with Crippen molar-refractivity contribution in [3.63, 3.8) is 0 Å².